The van der Waals surface area contributed by atoms with Gasteiger partial charge in [0.1, 0.15) is 35.1 Å². The van der Waals surface area contributed by atoms with Crippen LogP contribution in [0.4, 0.5) is 8.78 Å². The summed E-state index contributed by atoms with van der Waals surface area (Å²) in [5.41, 5.74) is 1.66. The minimum atomic E-state index is -3.11. The van der Waals surface area contributed by atoms with Crippen LogP contribution in [0.1, 0.15) is 37.0 Å². The fourth-order valence-corrected chi connectivity index (χ4v) is 5.08. The first-order valence-electron chi connectivity index (χ1n) is 14.4. The number of nitrogens with one attached hydrogen (secondary N) is 1. The Hall–Kier alpha value is -3.48. The van der Waals surface area contributed by atoms with Crippen LogP contribution in [0, 0.1) is 0 Å². The predicted octanol–water partition coefficient (Wildman–Crippen LogP) is 3.92. The Morgan fingerprint density at radius 2 is 1.83 bits per heavy atom. The molecular formula is C30H39F2N5O5. The van der Waals surface area contributed by atoms with Crippen LogP contribution in [0.3, 0.4) is 0 Å². The maximum atomic E-state index is 13.3. The van der Waals surface area contributed by atoms with Gasteiger partial charge < -0.3 is 24.3 Å². The number of amides is 1. The highest BCUT2D eigenvalue weighted by molar-refractivity contribution is 6.01. The first-order valence-corrected chi connectivity index (χ1v) is 14.4. The number of fused-ring (bicyclic) bond motifs is 1. The smallest absolute Gasteiger partial charge is 0.387 e. The highest BCUT2D eigenvalue weighted by Crippen LogP contribution is 2.37. The van der Waals surface area contributed by atoms with Gasteiger partial charge in [-0.25, -0.2) is 4.98 Å². The number of ether oxygens (including phenoxy) is 4. The predicted molar refractivity (Wildman–Crippen MR) is 154 cm³/mol. The number of piperazine rings is 1. The third-order valence-corrected chi connectivity index (χ3v) is 7.61. The molecule has 10 nitrogen and oxygen atoms in total. The molecule has 42 heavy (non-hydrogen) atoms. The number of carbonyl (C=O) groups is 1. The zero-order valence-electron chi connectivity index (χ0n) is 24.4. The molecule has 2 aliphatic rings. The Bertz CT molecular complexity index is 1360. The molecule has 0 unspecified atom stereocenters. The average Bonchev–Trinajstić information content (AvgIpc) is 3.69. The van der Waals surface area contributed by atoms with E-state index in [0.29, 0.717) is 48.5 Å². The third-order valence-electron chi connectivity index (χ3n) is 7.61. The number of rotatable bonds is 14. The molecule has 0 spiro atoms. The Morgan fingerprint density at radius 1 is 1.07 bits per heavy atom. The van der Waals surface area contributed by atoms with Gasteiger partial charge in [-0.2, -0.15) is 8.78 Å². The van der Waals surface area contributed by atoms with Crippen molar-refractivity contribution in [2.45, 2.75) is 45.4 Å². The van der Waals surface area contributed by atoms with Crippen LogP contribution < -0.4 is 19.5 Å². The van der Waals surface area contributed by atoms with Gasteiger partial charge in [-0.15, -0.1) is 0 Å². The Morgan fingerprint density at radius 3 is 2.52 bits per heavy atom. The van der Waals surface area contributed by atoms with Gasteiger partial charge in [-0.3, -0.25) is 19.0 Å². The summed E-state index contributed by atoms with van der Waals surface area (Å²) in [4.78, 5) is 22.2. The number of halogens is 2. The lowest BCUT2D eigenvalue weighted by molar-refractivity contribution is -0.0502. The van der Waals surface area contributed by atoms with Gasteiger partial charge >= 0.3 is 6.61 Å². The summed E-state index contributed by atoms with van der Waals surface area (Å²) >= 11 is 0. The quantitative estimate of drug-likeness (QED) is 0.284. The van der Waals surface area contributed by atoms with E-state index in [1.54, 1.807) is 35.0 Å². The summed E-state index contributed by atoms with van der Waals surface area (Å²) in [5, 5.41) is 2.81. The van der Waals surface area contributed by atoms with Crippen LogP contribution in [0.15, 0.2) is 36.7 Å². The van der Waals surface area contributed by atoms with E-state index in [1.807, 2.05) is 0 Å². The van der Waals surface area contributed by atoms with Crippen molar-refractivity contribution in [2.24, 2.45) is 0 Å². The molecule has 1 aliphatic heterocycles. The number of aromatic nitrogens is 2. The summed E-state index contributed by atoms with van der Waals surface area (Å²) in [6.45, 7) is 8.15. The number of benzene rings is 1. The van der Waals surface area contributed by atoms with E-state index in [1.165, 1.54) is 13.2 Å². The largest absolute Gasteiger partial charge is 0.496 e. The molecule has 3 heterocycles. The van der Waals surface area contributed by atoms with Gasteiger partial charge in [0, 0.05) is 62.6 Å². The van der Waals surface area contributed by atoms with Crippen molar-refractivity contribution in [1.29, 1.82) is 0 Å². The summed E-state index contributed by atoms with van der Waals surface area (Å²) in [7, 11) is 1.38. The van der Waals surface area contributed by atoms with Crippen molar-refractivity contribution in [2.75, 3.05) is 59.7 Å². The molecule has 228 valence electrons. The lowest BCUT2D eigenvalue weighted by Gasteiger charge is -2.36. The maximum Gasteiger partial charge on any atom is 0.387 e. The normalized spacial score (nSPS) is 16.4. The molecule has 1 aliphatic carbocycles. The fraction of sp³-hybridized carbons (Fsp3) is 0.533. The standard InChI is InChI=1S/C30H39F2N5O5/c1-20(2)36-10-8-35(9-11-36)12-13-40-14-15-41-23-6-7-37-24(19-33-27(37)18-23)21-16-25(39-3)28(26(17-21)42-30(31)32)29(38)34-22-4-5-22/h6-7,16-20,22,30H,4-5,8-15H2,1-3H3,(H,34,38). The topological polar surface area (TPSA) is 89.8 Å². The third kappa shape index (κ3) is 7.47. The van der Waals surface area contributed by atoms with Crippen molar-refractivity contribution in [3.63, 3.8) is 0 Å². The first kappa shape index (κ1) is 30.0. The summed E-state index contributed by atoms with van der Waals surface area (Å²) in [5.74, 6) is 0.00336. The molecule has 3 aromatic rings. The van der Waals surface area contributed by atoms with Gasteiger partial charge in [0.05, 0.1) is 32.2 Å². The van der Waals surface area contributed by atoms with Crippen LogP contribution in [0.5, 0.6) is 17.2 Å². The zero-order valence-corrected chi connectivity index (χ0v) is 24.4. The lowest BCUT2D eigenvalue weighted by atomic mass is 10.1. The molecule has 2 fully saturated rings. The van der Waals surface area contributed by atoms with Gasteiger partial charge in [-0.05, 0) is 44.9 Å². The highest BCUT2D eigenvalue weighted by Gasteiger charge is 2.29. The van der Waals surface area contributed by atoms with Gasteiger partial charge in [0.2, 0.25) is 0 Å². The van der Waals surface area contributed by atoms with Crippen molar-refractivity contribution in [3.8, 4) is 28.5 Å². The van der Waals surface area contributed by atoms with Crippen LogP contribution >= 0.6 is 0 Å². The number of carbonyl (C=O) groups excluding carboxylic acids is 1. The van der Waals surface area contributed by atoms with Crippen molar-refractivity contribution in [3.05, 3.63) is 42.2 Å². The molecule has 2 aromatic heterocycles. The number of imidazole rings is 1. The molecule has 5 rings (SSSR count). The zero-order chi connectivity index (χ0) is 29.6. The SMILES string of the molecule is COc1cc(-c2cnc3cc(OCCOCCN4CCN(C(C)C)CC4)ccn23)cc(OC(F)F)c1C(=O)NC1CC1. The molecular weight excluding hydrogens is 548 g/mol. The van der Waals surface area contributed by atoms with Crippen molar-refractivity contribution < 1.29 is 32.5 Å². The average molecular weight is 588 g/mol. The van der Waals surface area contributed by atoms with E-state index >= 15 is 0 Å². The molecule has 0 bridgehead atoms. The monoisotopic (exact) mass is 587 g/mol. The first-order chi connectivity index (χ1) is 20.3. The van der Waals surface area contributed by atoms with Crippen molar-refractivity contribution >= 4 is 11.6 Å². The minimum absolute atomic E-state index is 0.0407. The number of hydrogen-bond acceptors (Lipinski definition) is 8. The molecule has 1 amide bonds. The van der Waals surface area contributed by atoms with E-state index < -0.39 is 12.5 Å². The summed E-state index contributed by atoms with van der Waals surface area (Å²) < 4.78 is 50.2. The van der Waals surface area contributed by atoms with E-state index in [-0.39, 0.29) is 23.1 Å². The molecule has 1 saturated heterocycles. The minimum Gasteiger partial charge on any atom is -0.496 e. The van der Waals surface area contributed by atoms with Crippen LogP contribution in [0.25, 0.3) is 16.9 Å². The number of nitrogens with zero attached hydrogens (tertiary/aromatic N) is 4. The highest BCUT2D eigenvalue weighted by atomic mass is 19.3. The van der Waals surface area contributed by atoms with Crippen LogP contribution in [-0.4, -0.2) is 103 Å². The molecule has 12 heteroatoms. The van der Waals surface area contributed by atoms with Crippen LogP contribution in [0.2, 0.25) is 0 Å². The molecule has 1 aromatic carbocycles. The fourth-order valence-electron chi connectivity index (χ4n) is 5.08. The number of pyridine rings is 1. The summed E-state index contributed by atoms with van der Waals surface area (Å²) in [6, 6.07) is 7.26. The van der Waals surface area contributed by atoms with Gasteiger partial charge in [0.25, 0.3) is 5.91 Å². The second kappa shape index (κ2) is 13.7. The number of hydrogen-bond donors (Lipinski definition) is 1. The Balaban J connectivity index is 1.19. The van der Waals surface area contributed by atoms with E-state index in [2.05, 4.69) is 33.9 Å². The van der Waals surface area contributed by atoms with Gasteiger partial charge in [-0.1, -0.05) is 0 Å². The van der Waals surface area contributed by atoms with E-state index in [0.717, 1.165) is 45.6 Å². The van der Waals surface area contributed by atoms with Crippen molar-refractivity contribution in [1.82, 2.24) is 24.5 Å². The Kier molecular flexibility index (Phi) is 9.76. The Labute approximate surface area is 244 Å². The second-order valence-corrected chi connectivity index (χ2v) is 10.8. The van der Waals surface area contributed by atoms with Crippen LogP contribution in [-0.2, 0) is 4.74 Å². The number of alkyl halides is 2. The molecule has 0 radical (unpaired) electrons. The molecule has 0 atom stereocenters. The number of methoxy groups -OCH3 is 1. The maximum absolute atomic E-state index is 13.3. The molecule has 1 saturated carbocycles. The molecule has 1 N–H and O–H groups in total. The van der Waals surface area contributed by atoms with E-state index in [9.17, 15) is 13.6 Å². The summed E-state index contributed by atoms with van der Waals surface area (Å²) in [6.07, 6.45) is 5.12. The van der Waals surface area contributed by atoms with Gasteiger partial charge in [0.15, 0.2) is 0 Å². The van der Waals surface area contributed by atoms with E-state index in [4.69, 9.17) is 18.9 Å². The lowest BCUT2D eigenvalue weighted by Crippen LogP contribution is -2.49. The second-order valence-electron chi connectivity index (χ2n) is 10.8.